The van der Waals surface area contributed by atoms with Crippen LogP contribution < -0.4 is 14.8 Å². The number of likely N-dealkylation sites (N-methyl/N-ethyl adjacent to an activating group) is 2. The Morgan fingerprint density at radius 3 is 2.43 bits per heavy atom. The van der Waals surface area contributed by atoms with Gasteiger partial charge in [0, 0.05) is 26.2 Å². The Bertz CT molecular complexity index is 413. The number of nitrogens with one attached hydrogen (secondary N) is 1. The minimum atomic E-state index is 0.247. The first-order valence-electron chi connectivity index (χ1n) is 7.29. The summed E-state index contributed by atoms with van der Waals surface area (Å²) in [6.07, 6.45) is 0. The minimum Gasteiger partial charge on any atom is -0.493 e. The summed E-state index contributed by atoms with van der Waals surface area (Å²) >= 11 is 0. The number of ether oxygens (including phenoxy) is 3. The van der Waals surface area contributed by atoms with Crippen molar-refractivity contribution < 1.29 is 14.2 Å². The summed E-state index contributed by atoms with van der Waals surface area (Å²) < 4.78 is 15.8. The largest absolute Gasteiger partial charge is 0.493 e. The third kappa shape index (κ3) is 5.53. The summed E-state index contributed by atoms with van der Waals surface area (Å²) in [5.41, 5.74) is 1.19. The van der Waals surface area contributed by atoms with Crippen molar-refractivity contribution in [2.75, 3.05) is 54.6 Å². The average molecular weight is 296 g/mol. The molecule has 120 valence electrons. The fourth-order valence-corrected chi connectivity index (χ4v) is 2.25. The molecule has 0 heterocycles. The number of hydrogen-bond donors (Lipinski definition) is 1. The standard InChI is InChI=1S/C16H28N2O3/c1-6-17-14(12-18(2)9-10-19-3)13-7-8-15(20-4)16(11-13)21-5/h7-8,11,14,17H,6,9-10,12H2,1-5H3. The van der Waals surface area contributed by atoms with E-state index < -0.39 is 0 Å². The van der Waals surface area contributed by atoms with Crippen LogP contribution in [0.2, 0.25) is 0 Å². The summed E-state index contributed by atoms with van der Waals surface area (Å²) in [6, 6.07) is 6.32. The first-order valence-corrected chi connectivity index (χ1v) is 7.29. The summed E-state index contributed by atoms with van der Waals surface area (Å²) in [5.74, 6) is 1.52. The predicted octanol–water partition coefficient (Wildman–Crippen LogP) is 1.93. The van der Waals surface area contributed by atoms with Gasteiger partial charge in [-0.15, -0.1) is 0 Å². The van der Waals surface area contributed by atoms with Gasteiger partial charge >= 0.3 is 0 Å². The number of benzene rings is 1. The monoisotopic (exact) mass is 296 g/mol. The number of methoxy groups -OCH3 is 3. The molecule has 1 aromatic rings. The molecule has 0 saturated heterocycles. The first-order chi connectivity index (χ1) is 10.2. The van der Waals surface area contributed by atoms with Crippen LogP contribution in [0.4, 0.5) is 0 Å². The molecule has 0 aromatic heterocycles. The van der Waals surface area contributed by atoms with E-state index in [4.69, 9.17) is 14.2 Å². The Morgan fingerprint density at radius 1 is 1.14 bits per heavy atom. The van der Waals surface area contributed by atoms with E-state index in [1.807, 2.05) is 12.1 Å². The fraction of sp³-hybridized carbons (Fsp3) is 0.625. The maximum atomic E-state index is 5.39. The lowest BCUT2D eigenvalue weighted by Crippen LogP contribution is -2.34. The highest BCUT2D eigenvalue weighted by Crippen LogP contribution is 2.30. The van der Waals surface area contributed by atoms with Crippen molar-refractivity contribution in [1.82, 2.24) is 10.2 Å². The van der Waals surface area contributed by atoms with E-state index in [1.54, 1.807) is 21.3 Å². The molecule has 5 heteroatoms. The van der Waals surface area contributed by atoms with Crippen molar-refractivity contribution in [2.45, 2.75) is 13.0 Å². The van der Waals surface area contributed by atoms with Crippen LogP contribution in [0.5, 0.6) is 11.5 Å². The molecule has 1 N–H and O–H groups in total. The van der Waals surface area contributed by atoms with Crippen LogP contribution >= 0.6 is 0 Å². The molecule has 1 unspecified atom stereocenters. The van der Waals surface area contributed by atoms with E-state index >= 15 is 0 Å². The predicted molar refractivity (Wildman–Crippen MR) is 85.3 cm³/mol. The molecule has 0 bridgehead atoms. The molecule has 0 aliphatic rings. The third-order valence-corrected chi connectivity index (χ3v) is 3.43. The van der Waals surface area contributed by atoms with E-state index in [9.17, 15) is 0 Å². The maximum Gasteiger partial charge on any atom is 0.161 e. The van der Waals surface area contributed by atoms with E-state index in [0.717, 1.165) is 37.7 Å². The lowest BCUT2D eigenvalue weighted by atomic mass is 10.1. The Labute approximate surface area is 128 Å². The number of rotatable bonds is 10. The van der Waals surface area contributed by atoms with Crippen LogP contribution in [0.25, 0.3) is 0 Å². The van der Waals surface area contributed by atoms with Crippen LogP contribution in [0.15, 0.2) is 18.2 Å². The molecule has 0 aliphatic carbocycles. The summed E-state index contributed by atoms with van der Waals surface area (Å²) in [7, 11) is 7.14. The molecule has 21 heavy (non-hydrogen) atoms. The highest BCUT2D eigenvalue weighted by atomic mass is 16.5. The minimum absolute atomic E-state index is 0.247. The van der Waals surface area contributed by atoms with Crippen molar-refractivity contribution >= 4 is 0 Å². The van der Waals surface area contributed by atoms with E-state index in [1.165, 1.54) is 5.56 Å². The van der Waals surface area contributed by atoms with Gasteiger partial charge in [0.15, 0.2) is 11.5 Å². The van der Waals surface area contributed by atoms with Gasteiger partial charge in [0.05, 0.1) is 20.8 Å². The van der Waals surface area contributed by atoms with Crippen LogP contribution in [0.1, 0.15) is 18.5 Å². The van der Waals surface area contributed by atoms with E-state index in [0.29, 0.717) is 0 Å². The van der Waals surface area contributed by atoms with Gasteiger partial charge in [0.25, 0.3) is 0 Å². The van der Waals surface area contributed by atoms with Crippen LogP contribution in [-0.4, -0.2) is 59.5 Å². The zero-order valence-corrected chi connectivity index (χ0v) is 13.8. The summed E-state index contributed by atoms with van der Waals surface area (Å²) in [6.45, 7) is 5.58. The lowest BCUT2D eigenvalue weighted by molar-refractivity contribution is 0.155. The highest BCUT2D eigenvalue weighted by Gasteiger charge is 2.15. The molecule has 0 fully saturated rings. The Hall–Kier alpha value is -1.30. The van der Waals surface area contributed by atoms with Gasteiger partial charge in [0.2, 0.25) is 0 Å². The van der Waals surface area contributed by atoms with Crippen LogP contribution in [-0.2, 0) is 4.74 Å². The molecule has 5 nitrogen and oxygen atoms in total. The highest BCUT2D eigenvalue weighted by molar-refractivity contribution is 5.43. The molecule has 1 rings (SSSR count). The molecule has 0 saturated carbocycles. The van der Waals surface area contributed by atoms with Crippen molar-refractivity contribution in [3.8, 4) is 11.5 Å². The van der Waals surface area contributed by atoms with E-state index in [2.05, 4.69) is 30.3 Å². The van der Waals surface area contributed by atoms with Crippen molar-refractivity contribution in [3.05, 3.63) is 23.8 Å². The summed E-state index contributed by atoms with van der Waals surface area (Å²) in [5, 5.41) is 3.52. The average Bonchev–Trinajstić information content (AvgIpc) is 2.51. The number of nitrogens with zero attached hydrogens (tertiary/aromatic N) is 1. The lowest BCUT2D eigenvalue weighted by Gasteiger charge is -2.25. The zero-order chi connectivity index (χ0) is 15.7. The topological polar surface area (TPSA) is 43.0 Å². The van der Waals surface area contributed by atoms with Gasteiger partial charge in [0.1, 0.15) is 0 Å². The van der Waals surface area contributed by atoms with Gasteiger partial charge in [-0.3, -0.25) is 0 Å². The van der Waals surface area contributed by atoms with E-state index in [-0.39, 0.29) is 6.04 Å². The van der Waals surface area contributed by atoms with Gasteiger partial charge in [-0.05, 0) is 31.3 Å². The molecule has 1 aromatic carbocycles. The zero-order valence-electron chi connectivity index (χ0n) is 13.8. The summed E-state index contributed by atoms with van der Waals surface area (Å²) in [4.78, 5) is 2.26. The quantitative estimate of drug-likeness (QED) is 0.715. The van der Waals surface area contributed by atoms with Gasteiger partial charge in [-0.1, -0.05) is 13.0 Å². The molecular weight excluding hydrogens is 268 g/mol. The smallest absolute Gasteiger partial charge is 0.161 e. The van der Waals surface area contributed by atoms with Crippen LogP contribution in [0, 0.1) is 0 Å². The van der Waals surface area contributed by atoms with Gasteiger partial charge in [-0.25, -0.2) is 0 Å². The second kappa shape index (κ2) is 9.60. The molecule has 0 radical (unpaired) electrons. The second-order valence-electron chi connectivity index (χ2n) is 4.98. The normalized spacial score (nSPS) is 12.5. The SMILES string of the molecule is CCNC(CN(C)CCOC)c1ccc(OC)c(OC)c1. The molecule has 0 amide bonds. The van der Waals surface area contributed by atoms with Crippen molar-refractivity contribution in [2.24, 2.45) is 0 Å². The molecule has 0 aliphatic heterocycles. The Kier molecular flexibility index (Phi) is 8.12. The molecule has 1 atom stereocenters. The fourth-order valence-electron chi connectivity index (χ4n) is 2.25. The third-order valence-electron chi connectivity index (χ3n) is 3.43. The second-order valence-corrected chi connectivity index (χ2v) is 4.98. The molecular formula is C16H28N2O3. The van der Waals surface area contributed by atoms with Gasteiger partial charge in [-0.2, -0.15) is 0 Å². The van der Waals surface area contributed by atoms with Crippen molar-refractivity contribution in [3.63, 3.8) is 0 Å². The molecule has 0 spiro atoms. The Morgan fingerprint density at radius 2 is 1.86 bits per heavy atom. The number of hydrogen-bond acceptors (Lipinski definition) is 5. The van der Waals surface area contributed by atoms with Crippen molar-refractivity contribution in [1.29, 1.82) is 0 Å². The van der Waals surface area contributed by atoms with Crippen LogP contribution in [0.3, 0.4) is 0 Å². The Balaban J connectivity index is 2.84. The van der Waals surface area contributed by atoms with Gasteiger partial charge < -0.3 is 24.4 Å². The first kappa shape index (κ1) is 17.8. The maximum absolute atomic E-state index is 5.39.